The molecule has 2 amide bonds. The quantitative estimate of drug-likeness (QED) is 0.0901. The summed E-state index contributed by atoms with van der Waals surface area (Å²) in [4.78, 5) is 52.9. The van der Waals surface area contributed by atoms with E-state index < -0.39 is 82.9 Å². The Morgan fingerprint density at radius 2 is 0.750 bits per heavy atom. The number of carbonyl (C=O) groups excluding carboxylic acids is 4. The number of carbonyl (C=O) groups is 4. The summed E-state index contributed by atoms with van der Waals surface area (Å²) in [6.45, 7) is 2.36. The first-order valence-electron chi connectivity index (χ1n) is 21.0. The molecule has 0 radical (unpaired) electrons. The van der Waals surface area contributed by atoms with Crippen LogP contribution < -0.4 is 10.0 Å². The van der Waals surface area contributed by atoms with Crippen molar-refractivity contribution in [1.29, 1.82) is 0 Å². The molecule has 0 aromatic heterocycles. The molecule has 2 aliphatic heterocycles. The van der Waals surface area contributed by atoms with Crippen LogP contribution in [0.2, 0.25) is 0 Å². The number of alkyl halides is 6. The molecule has 4 atom stereocenters. The van der Waals surface area contributed by atoms with E-state index in [2.05, 4.69) is 10.2 Å². The standard InChI is InChI=1S/2C26H20F4N2O2/c2*1-25(22(26(28,29)30)16-21(33)17-12-14-19(27)15-13-17)23(18-8-4-2-5-9-18)31-32(24(25)34)20-10-6-3-7-11-20/h2*2-15,22H,16H2,1H3/t2*22-,25-/m00/s1. The predicted molar refractivity (Wildman–Crippen MR) is 240 cm³/mol. The summed E-state index contributed by atoms with van der Waals surface area (Å²) in [7, 11) is 0. The fourth-order valence-electron chi connectivity index (χ4n) is 8.34. The van der Waals surface area contributed by atoms with E-state index in [-0.39, 0.29) is 22.6 Å². The van der Waals surface area contributed by atoms with Crippen molar-refractivity contribution in [2.45, 2.75) is 39.0 Å². The second-order valence-electron chi connectivity index (χ2n) is 16.4. The Bertz CT molecular complexity index is 2650. The zero-order valence-electron chi connectivity index (χ0n) is 36.2. The zero-order valence-corrected chi connectivity index (χ0v) is 36.2. The molecule has 0 saturated heterocycles. The molecule has 6 aromatic carbocycles. The number of rotatable bonds is 12. The van der Waals surface area contributed by atoms with Crippen LogP contribution in [0.5, 0.6) is 0 Å². The molecular weight excluding hydrogens is 897 g/mol. The molecular formula is C52H40F8N4O4. The van der Waals surface area contributed by atoms with Gasteiger partial charge < -0.3 is 0 Å². The van der Waals surface area contributed by atoms with Gasteiger partial charge >= 0.3 is 12.4 Å². The van der Waals surface area contributed by atoms with Crippen LogP contribution in [0.4, 0.5) is 46.5 Å². The van der Waals surface area contributed by atoms with Crippen molar-refractivity contribution in [3.63, 3.8) is 0 Å². The number of hydrogen-bond acceptors (Lipinski definition) is 6. The third-order valence-electron chi connectivity index (χ3n) is 12.0. The first-order chi connectivity index (χ1) is 32.2. The highest BCUT2D eigenvalue weighted by molar-refractivity contribution is 6.26. The maximum atomic E-state index is 14.5. The van der Waals surface area contributed by atoms with E-state index in [4.69, 9.17) is 0 Å². The Kier molecular flexibility index (Phi) is 13.7. The number of nitrogens with zero attached hydrogens (tertiary/aromatic N) is 4. The monoisotopic (exact) mass is 936 g/mol. The van der Waals surface area contributed by atoms with E-state index >= 15 is 0 Å². The number of ketones is 2. The van der Waals surface area contributed by atoms with Gasteiger partial charge in [0.1, 0.15) is 22.5 Å². The van der Waals surface area contributed by atoms with E-state index in [1.807, 2.05) is 0 Å². The van der Waals surface area contributed by atoms with Gasteiger partial charge in [-0.2, -0.15) is 46.6 Å². The van der Waals surface area contributed by atoms with Gasteiger partial charge in [-0.25, -0.2) is 8.78 Å². The largest absolute Gasteiger partial charge is 0.393 e. The molecule has 0 fully saturated rings. The molecule has 16 heteroatoms. The van der Waals surface area contributed by atoms with Crippen molar-refractivity contribution in [2.75, 3.05) is 10.0 Å². The molecule has 0 aliphatic carbocycles. The Hall–Kier alpha value is -7.62. The molecule has 0 N–H and O–H groups in total. The average molecular weight is 937 g/mol. The van der Waals surface area contributed by atoms with Crippen molar-refractivity contribution in [3.8, 4) is 0 Å². The van der Waals surface area contributed by atoms with E-state index in [1.165, 1.54) is 13.8 Å². The molecule has 0 unspecified atom stereocenters. The minimum Gasteiger partial charge on any atom is -0.294 e. The Balaban J connectivity index is 0.000000201. The fourth-order valence-corrected chi connectivity index (χ4v) is 8.34. The smallest absolute Gasteiger partial charge is 0.294 e. The van der Waals surface area contributed by atoms with Crippen molar-refractivity contribution in [3.05, 3.63) is 204 Å². The third-order valence-corrected chi connectivity index (χ3v) is 12.0. The number of hydrazone groups is 2. The maximum Gasteiger partial charge on any atom is 0.393 e. The SMILES string of the molecule is C[C@@]1([C@H](CC(=O)c2ccc(F)cc2)C(F)(F)F)C(=O)N(c2ccccc2)N=C1c1ccccc1.C[C@@]1([C@H](CC(=O)c2ccc(F)cc2)C(F)(F)F)C(=O)N(c2ccccc2)N=C1c1ccccc1. The van der Waals surface area contributed by atoms with Gasteiger partial charge in [-0.05, 0) is 97.8 Å². The lowest BCUT2D eigenvalue weighted by Crippen LogP contribution is -2.50. The van der Waals surface area contributed by atoms with Gasteiger partial charge in [0.15, 0.2) is 11.6 Å². The number of halogens is 8. The molecule has 8 nitrogen and oxygen atoms in total. The first kappa shape index (κ1) is 48.3. The number of Topliss-reactive ketones (excluding diaryl/α,β-unsaturated/α-hetero) is 2. The van der Waals surface area contributed by atoms with Crippen LogP contribution in [-0.2, 0) is 9.59 Å². The summed E-state index contributed by atoms with van der Waals surface area (Å²) in [5.74, 6) is -9.41. The predicted octanol–water partition coefficient (Wildman–Crippen LogP) is 12.1. The van der Waals surface area contributed by atoms with Gasteiger partial charge in [-0.1, -0.05) is 97.1 Å². The third kappa shape index (κ3) is 9.75. The zero-order chi connectivity index (χ0) is 49.0. The minimum absolute atomic E-state index is 0.0668. The maximum absolute atomic E-state index is 14.5. The second kappa shape index (κ2) is 19.3. The van der Waals surface area contributed by atoms with Gasteiger partial charge in [0.2, 0.25) is 0 Å². The second-order valence-corrected chi connectivity index (χ2v) is 16.4. The fraction of sp³-hybridized carbons (Fsp3) is 0.192. The number of amides is 2. The lowest BCUT2D eigenvalue weighted by molar-refractivity contribution is -0.195. The Labute approximate surface area is 385 Å². The number of hydrogen-bond donors (Lipinski definition) is 0. The summed E-state index contributed by atoms with van der Waals surface area (Å²) < 4.78 is 114. The number of anilines is 2. The van der Waals surface area contributed by atoms with Crippen LogP contribution in [0.3, 0.4) is 0 Å². The summed E-state index contributed by atoms with van der Waals surface area (Å²) in [5, 5.41) is 10.6. The highest BCUT2D eigenvalue weighted by atomic mass is 19.4. The Morgan fingerprint density at radius 1 is 0.471 bits per heavy atom. The molecule has 68 heavy (non-hydrogen) atoms. The summed E-state index contributed by atoms with van der Waals surface area (Å²) in [5.41, 5.74) is -3.31. The lowest BCUT2D eigenvalue weighted by Gasteiger charge is -2.34. The molecule has 0 saturated carbocycles. The number of benzene rings is 6. The van der Waals surface area contributed by atoms with Gasteiger partial charge in [-0.15, -0.1) is 0 Å². The molecule has 0 bridgehead atoms. The molecule has 348 valence electrons. The summed E-state index contributed by atoms with van der Waals surface area (Å²) in [6, 6.07) is 41.1. The molecule has 8 rings (SSSR count). The van der Waals surface area contributed by atoms with Gasteiger partial charge in [0.25, 0.3) is 11.8 Å². The average Bonchev–Trinajstić information content (AvgIpc) is 3.76. The van der Waals surface area contributed by atoms with Gasteiger partial charge in [0.05, 0.1) is 34.6 Å². The number of para-hydroxylation sites is 2. The lowest BCUT2D eigenvalue weighted by atomic mass is 9.68. The molecule has 0 spiro atoms. The van der Waals surface area contributed by atoms with E-state index in [1.54, 1.807) is 121 Å². The van der Waals surface area contributed by atoms with E-state index in [9.17, 15) is 54.3 Å². The first-order valence-corrected chi connectivity index (χ1v) is 21.0. The topological polar surface area (TPSA) is 99.5 Å². The highest BCUT2D eigenvalue weighted by Gasteiger charge is 2.63. The van der Waals surface area contributed by atoms with E-state index in [0.29, 0.717) is 22.5 Å². The summed E-state index contributed by atoms with van der Waals surface area (Å²) >= 11 is 0. The van der Waals surface area contributed by atoms with Crippen LogP contribution in [0, 0.1) is 34.3 Å². The van der Waals surface area contributed by atoms with Crippen molar-refractivity contribution < 1.29 is 54.3 Å². The minimum atomic E-state index is -4.90. The Morgan fingerprint density at radius 3 is 1.03 bits per heavy atom. The van der Waals surface area contributed by atoms with Crippen molar-refractivity contribution in [2.24, 2.45) is 32.9 Å². The van der Waals surface area contributed by atoms with Gasteiger partial charge in [0, 0.05) is 24.0 Å². The normalized spacial score (nSPS) is 19.1. The van der Waals surface area contributed by atoms with E-state index in [0.717, 1.165) is 58.5 Å². The highest BCUT2D eigenvalue weighted by Crippen LogP contribution is 2.51. The van der Waals surface area contributed by atoms with Gasteiger partial charge in [-0.3, -0.25) is 19.2 Å². The van der Waals surface area contributed by atoms with Crippen molar-refractivity contribution in [1.82, 2.24) is 0 Å². The summed E-state index contributed by atoms with van der Waals surface area (Å²) in [6.07, 6.45) is -11.8. The molecule has 2 aliphatic rings. The molecule has 2 heterocycles. The van der Waals surface area contributed by atoms with Crippen LogP contribution in [0.25, 0.3) is 0 Å². The van der Waals surface area contributed by atoms with Crippen LogP contribution in [0.15, 0.2) is 180 Å². The molecule has 6 aromatic rings. The van der Waals surface area contributed by atoms with Crippen LogP contribution in [0.1, 0.15) is 58.5 Å². The van der Waals surface area contributed by atoms with Crippen LogP contribution >= 0.6 is 0 Å². The van der Waals surface area contributed by atoms with Crippen LogP contribution in [-0.4, -0.2) is 47.2 Å². The van der Waals surface area contributed by atoms with Crippen molar-refractivity contribution >= 4 is 46.2 Å².